The van der Waals surface area contributed by atoms with Crippen LogP contribution in [0, 0.1) is 12.3 Å². The fourth-order valence-corrected chi connectivity index (χ4v) is 4.14. The standard InChI is InChI=1S/C22H20Cl2N2O/c1-2-3-4-13-27-17-8-5-15(6-9-17)22-21-18(11-12-26(22)24)19-14-16(23)7-10-20(19)25-21/h1,5-10,14,22,25H,3-4,11-13H2. The Balaban J connectivity index is 1.62. The third kappa shape index (κ3) is 3.66. The van der Waals surface area contributed by atoms with Gasteiger partial charge in [0, 0.05) is 34.6 Å². The Bertz CT molecular complexity index is 988. The molecule has 0 bridgehead atoms. The average Bonchev–Trinajstić information content (AvgIpc) is 3.03. The van der Waals surface area contributed by atoms with Crippen molar-refractivity contribution in [2.45, 2.75) is 25.3 Å². The summed E-state index contributed by atoms with van der Waals surface area (Å²) in [5.41, 5.74) is 4.65. The van der Waals surface area contributed by atoms with E-state index in [2.05, 4.69) is 23.0 Å². The fourth-order valence-electron chi connectivity index (χ4n) is 3.67. The second kappa shape index (κ2) is 7.86. The molecule has 1 aliphatic rings. The lowest BCUT2D eigenvalue weighted by Gasteiger charge is -2.30. The summed E-state index contributed by atoms with van der Waals surface area (Å²) in [5, 5.41) is 1.93. The summed E-state index contributed by atoms with van der Waals surface area (Å²) in [4.78, 5) is 3.55. The van der Waals surface area contributed by atoms with Gasteiger partial charge in [-0.3, -0.25) is 0 Å². The summed E-state index contributed by atoms with van der Waals surface area (Å²) in [5.74, 6) is 3.47. The summed E-state index contributed by atoms with van der Waals surface area (Å²) in [6.45, 7) is 1.41. The van der Waals surface area contributed by atoms with Crippen LogP contribution in [0.3, 0.4) is 0 Å². The summed E-state index contributed by atoms with van der Waals surface area (Å²) >= 11 is 12.8. The highest BCUT2D eigenvalue weighted by Crippen LogP contribution is 2.40. The van der Waals surface area contributed by atoms with Crippen molar-refractivity contribution in [3.8, 4) is 18.1 Å². The number of aromatic nitrogens is 1. The van der Waals surface area contributed by atoms with Crippen LogP contribution in [0.25, 0.3) is 10.9 Å². The number of rotatable bonds is 5. The van der Waals surface area contributed by atoms with Crippen molar-refractivity contribution >= 4 is 34.3 Å². The molecule has 1 aliphatic heterocycles. The van der Waals surface area contributed by atoms with Gasteiger partial charge in [0.15, 0.2) is 0 Å². The number of hydrogen-bond donors (Lipinski definition) is 1. The lowest BCUT2D eigenvalue weighted by Crippen LogP contribution is -2.28. The van der Waals surface area contributed by atoms with Crippen molar-refractivity contribution in [2.24, 2.45) is 0 Å². The highest BCUT2D eigenvalue weighted by molar-refractivity contribution is 6.31. The van der Waals surface area contributed by atoms with Crippen LogP contribution in [-0.4, -0.2) is 22.6 Å². The van der Waals surface area contributed by atoms with Gasteiger partial charge in [0.05, 0.1) is 12.6 Å². The molecule has 5 heteroatoms. The Labute approximate surface area is 169 Å². The SMILES string of the molecule is C#CCCCOc1ccc(C2c3[nH]c4ccc(Cl)cc4c3CCN2Cl)cc1. The molecule has 0 radical (unpaired) electrons. The van der Waals surface area contributed by atoms with Crippen LogP contribution in [0.15, 0.2) is 42.5 Å². The van der Waals surface area contributed by atoms with Gasteiger partial charge >= 0.3 is 0 Å². The minimum Gasteiger partial charge on any atom is -0.494 e. The summed E-state index contributed by atoms with van der Waals surface area (Å²) in [6.07, 6.45) is 7.75. The number of benzene rings is 2. The van der Waals surface area contributed by atoms with Gasteiger partial charge in [-0.1, -0.05) is 23.7 Å². The van der Waals surface area contributed by atoms with E-state index >= 15 is 0 Å². The molecule has 0 saturated heterocycles. The van der Waals surface area contributed by atoms with Gasteiger partial charge in [-0.05, 0) is 66.1 Å². The summed E-state index contributed by atoms with van der Waals surface area (Å²) in [6, 6.07) is 14.1. The van der Waals surface area contributed by atoms with Crippen LogP contribution in [0.5, 0.6) is 5.75 Å². The number of unbranched alkanes of at least 4 members (excludes halogenated alkanes) is 1. The predicted molar refractivity (Wildman–Crippen MR) is 111 cm³/mol. The number of halogens is 2. The highest BCUT2D eigenvalue weighted by atomic mass is 35.5. The molecule has 1 unspecified atom stereocenters. The molecule has 4 rings (SSSR count). The molecule has 138 valence electrons. The first-order valence-corrected chi connectivity index (χ1v) is 9.77. The smallest absolute Gasteiger partial charge is 0.119 e. The first-order chi connectivity index (χ1) is 13.2. The molecular formula is C22H20Cl2N2O. The Hall–Kier alpha value is -2.12. The lowest BCUT2D eigenvalue weighted by molar-refractivity contribution is 0.312. The zero-order chi connectivity index (χ0) is 18.8. The Morgan fingerprint density at radius 1 is 1.22 bits per heavy atom. The number of ether oxygens (including phenoxy) is 1. The molecule has 27 heavy (non-hydrogen) atoms. The second-order valence-corrected chi connectivity index (χ2v) is 7.58. The van der Waals surface area contributed by atoms with E-state index in [9.17, 15) is 0 Å². The largest absolute Gasteiger partial charge is 0.494 e. The van der Waals surface area contributed by atoms with Crippen molar-refractivity contribution in [1.29, 1.82) is 0 Å². The highest BCUT2D eigenvalue weighted by Gasteiger charge is 2.30. The van der Waals surface area contributed by atoms with E-state index in [0.29, 0.717) is 6.61 Å². The Morgan fingerprint density at radius 2 is 2.04 bits per heavy atom. The van der Waals surface area contributed by atoms with Crippen LogP contribution in [0.4, 0.5) is 0 Å². The van der Waals surface area contributed by atoms with E-state index < -0.39 is 0 Å². The maximum Gasteiger partial charge on any atom is 0.119 e. The third-order valence-electron chi connectivity index (χ3n) is 4.96. The molecule has 0 aliphatic carbocycles. The van der Waals surface area contributed by atoms with Gasteiger partial charge < -0.3 is 9.72 Å². The van der Waals surface area contributed by atoms with Crippen molar-refractivity contribution in [1.82, 2.24) is 9.40 Å². The van der Waals surface area contributed by atoms with Crippen molar-refractivity contribution in [2.75, 3.05) is 13.2 Å². The molecule has 0 amide bonds. The molecule has 3 nitrogen and oxygen atoms in total. The number of nitrogens with one attached hydrogen (secondary N) is 1. The molecule has 1 N–H and O–H groups in total. The molecule has 3 aromatic rings. The third-order valence-corrected chi connectivity index (χ3v) is 5.56. The molecule has 1 atom stereocenters. The minimum atomic E-state index is -0.0305. The average molecular weight is 399 g/mol. The summed E-state index contributed by atoms with van der Waals surface area (Å²) in [7, 11) is 0. The molecule has 2 heterocycles. The lowest BCUT2D eigenvalue weighted by atomic mass is 9.94. The van der Waals surface area contributed by atoms with Crippen molar-refractivity contribution < 1.29 is 4.74 Å². The van der Waals surface area contributed by atoms with Crippen LogP contribution in [0.2, 0.25) is 5.02 Å². The Morgan fingerprint density at radius 3 is 2.81 bits per heavy atom. The van der Waals surface area contributed by atoms with Gasteiger partial charge in [-0.15, -0.1) is 12.3 Å². The van der Waals surface area contributed by atoms with E-state index in [-0.39, 0.29) is 6.04 Å². The number of fused-ring (bicyclic) bond motifs is 3. The van der Waals surface area contributed by atoms with E-state index in [0.717, 1.165) is 53.4 Å². The van der Waals surface area contributed by atoms with Crippen LogP contribution >= 0.6 is 23.4 Å². The fraction of sp³-hybridized carbons (Fsp3) is 0.273. The molecular weight excluding hydrogens is 379 g/mol. The molecule has 1 aromatic heterocycles. The zero-order valence-electron chi connectivity index (χ0n) is 14.8. The Kier molecular flexibility index (Phi) is 5.31. The maximum atomic E-state index is 6.60. The predicted octanol–water partition coefficient (Wildman–Crippen LogP) is 5.71. The topological polar surface area (TPSA) is 28.3 Å². The molecule has 0 fully saturated rings. The van der Waals surface area contributed by atoms with E-state index in [1.54, 1.807) is 0 Å². The molecule has 0 saturated carbocycles. The van der Waals surface area contributed by atoms with E-state index in [1.807, 2.05) is 34.8 Å². The first kappa shape index (κ1) is 18.3. The van der Waals surface area contributed by atoms with Crippen LogP contribution < -0.4 is 4.74 Å². The molecule has 0 spiro atoms. The number of aromatic amines is 1. The van der Waals surface area contributed by atoms with Gasteiger partial charge in [-0.25, -0.2) is 4.42 Å². The molecule has 2 aromatic carbocycles. The minimum absolute atomic E-state index is 0.0305. The number of H-pyrrole nitrogens is 1. The quantitative estimate of drug-likeness (QED) is 0.338. The van der Waals surface area contributed by atoms with Gasteiger partial charge in [0.2, 0.25) is 0 Å². The van der Waals surface area contributed by atoms with Gasteiger partial charge in [-0.2, -0.15) is 0 Å². The monoisotopic (exact) mass is 398 g/mol. The van der Waals surface area contributed by atoms with Crippen LogP contribution in [0.1, 0.15) is 35.7 Å². The number of hydrogen-bond acceptors (Lipinski definition) is 2. The zero-order valence-corrected chi connectivity index (χ0v) is 16.4. The van der Waals surface area contributed by atoms with Gasteiger partial charge in [0.25, 0.3) is 0 Å². The first-order valence-electron chi connectivity index (χ1n) is 9.06. The number of nitrogens with zero attached hydrogens (tertiary/aromatic N) is 1. The van der Waals surface area contributed by atoms with E-state index in [1.165, 1.54) is 10.9 Å². The van der Waals surface area contributed by atoms with E-state index in [4.69, 9.17) is 34.5 Å². The second-order valence-electron chi connectivity index (χ2n) is 6.71. The van der Waals surface area contributed by atoms with Gasteiger partial charge in [0.1, 0.15) is 5.75 Å². The van der Waals surface area contributed by atoms with Crippen LogP contribution in [-0.2, 0) is 6.42 Å². The van der Waals surface area contributed by atoms with Crippen molar-refractivity contribution in [3.63, 3.8) is 0 Å². The summed E-state index contributed by atoms with van der Waals surface area (Å²) < 4.78 is 7.61. The normalized spacial score (nSPS) is 16.9. The number of terminal acetylenes is 1. The van der Waals surface area contributed by atoms with Crippen molar-refractivity contribution in [3.05, 3.63) is 64.3 Å². The maximum absolute atomic E-state index is 6.60.